The molecule has 5 nitrogen and oxygen atoms in total. The van der Waals surface area contributed by atoms with Gasteiger partial charge in [-0.3, -0.25) is 9.59 Å². The number of ether oxygens (including phenoxy) is 1. The number of hydrogen-bond donors (Lipinski definition) is 1. The Hall–Kier alpha value is -3.31. The van der Waals surface area contributed by atoms with Crippen molar-refractivity contribution < 1.29 is 19.4 Å². The van der Waals surface area contributed by atoms with E-state index in [-0.39, 0.29) is 24.5 Å². The van der Waals surface area contributed by atoms with Crippen molar-refractivity contribution in [1.29, 1.82) is 0 Å². The molecule has 0 spiro atoms. The van der Waals surface area contributed by atoms with Gasteiger partial charge in [-0.1, -0.05) is 66.2 Å². The Balaban J connectivity index is 1.32. The highest BCUT2D eigenvalue weighted by atomic mass is 35.5. The molecule has 1 amide bonds. The smallest absolute Gasteiger partial charge is 0.323 e. The number of amides is 1. The predicted molar refractivity (Wildman–Crippen MR) is 142 cm³/mol. The summed E-state index contributed by atoms with van der Waals surface area (Å²) in [5.41, 5.74) is 4.22. The summed E-state index contributed by atoms with van der Waals surface area (Å²) < 4.78 is 6.30. The minimum Gasteiger partial charge on any atom is -0.487 e. The molecule has 1 heterocycles. The minimum absolute atomic E-state index is 0.130. The van der Waals surface area contributed by atoms with Gasteiger partial charge in [0, 0.05) is 30.8 Å². The first kappa shape index (κ1) is 25.8. The van der Waals surface area contributed by atoms with E-state index in [1.54, 1.807) is 0 Å². The maximum absolute atomic E-state index is 12.9. The van der Waals surface area contributed by atoms with E-state index in [9.17, 15) is 14.7 Å². The summed E-state index contributed by atoms with van der Waals surface area (Å²) >= 11 is 6.01. The quantitative estimate of drug-likeness (QED) is 0.360. The summed E-state index contributed by atoms with van der Waals surface area (Å²) in [6.45, 7) is 2.28. The van der Waals surface area contributed by atoms with Crippen LogP contribution in [-0.2, 0) is 35.3 Å². The third kappa shape index (κ3) is 7.11. The van der Waals surface area contributed by atoms with Crippen LogP contribution in [0.15, 0.2) is 72.8 Å². The highest BCUT2D eigenvalue weighted by Crippen LogP contribution is 2.37. The number of carbonyl (C=O) groups excluding carboxylic acids is 1. The lowest BCUT2D eigenvalue weighted by Crippen LogP contribution is -2.36. The first-order chi connectivity index (χ1) is 17.3. The molecule has 3 aromatic carbocycles. The first-order valence-corrected chi connectivity index (χ1v) is 12.8. The van der Waals surface area contributed by atoms with Crippen molar-refractivity contribution in [2.75, 3.05) is 13.1 Å². The summed E-state index contributed by atoms with van der Waals surface area (Å²) in [7, 11) is 0. The van der Waals surface area contributed by atoms with Crippen LogP contribution in [0.3, 0.4) is 0 Å². The number of hydrogen-bond acceptors (Lipinski definition) is 3. The second-order valence-electron chi connectivity index (χ2n) is 9.77. The highest BCUT2D eigenvalue weighted by Gasteiger charge is 2.35. The maximum Gasteiger partial charge on any atom is 0.323 e. The summed E-state index contributed by atoms with van der Waals surface area (Å²) in [5.74, 6) is -0.234. The van der Waals surface area contributed by atoms with Crippen molar-refractivity contribution in [3.63, 3.8) is 0 Å². The third-order valence-corrected chi connectivity index (χ3v) is 6.83. The summed E-state index contributed by atoms with van der Waals surface area (Å²) in [6, 6.07) is 24.0. The van der Waals surface area contributed by atoms with Crippen LogP contribution in [0, 0.1) is 0 Å². The van der Waals surface area contributed by atoms with Crippen molar-refractivity contribution in [2.24, 2.45) is 0 Å². The topological polar surface area (TPSA) is 66.8 Å². The largest absolute Gasteiger partial charge is 0.487 e. The average Bonchev–Trinajstić information content (AvgIpc) is 3.18. The lowest BCUT2D eigenvalue weighted by atomic mass is 9.91. The van der Waals surface area contributed by atoms with Crippen LogP contribution in [0.1, 0.15) is 42.0 Å². The van der Waals surface area contributed by atoms with Crippen molar-refractivity contribution >= 4 is 23.5 Å². The first-order valence-electron chi connectivity index (χ1n) is 12.4. The Labute approximate surface area is 217 Å². The van der Waals surface area contributed by atoms with Gasteiger partial charge in [0.1, 0.15) is 17.9 Å². The van der Waals surface area contributed by atoms with Gasteiger partial charge < -0.3 is 14.7 Å². The number of carbonyl (C=O) groups is 2. The number of nitrogens with zero attached hydrogens (tertiary/aromatic N) is 1. The standard InChI is InChI=1S/C30H32ClNO4/c1-30(19-24-9-13-26(31)14-10-24)20-25-18-23(11-15-27(25)36-30)12-16-28(33)32(21-29(34)35)17-5-8-22-6-3-2-4-7-22/h2-4,6-7,9-11,13-15,18H,5,8,12,16-17,19-21H2,1H3,(H,34,35)/t30-/m1/s1. The summed E-state index contributed by atoms with van der Waals surface area (Å²) in [5, 5.41) is 10.0. The number of aryl methyl sites for hydroxylation is 2. The van der Waals surface area contributed by atoms with Gasteiger partial charge in [-0.2, -0.15) is 0 Å². The molecule has 0 fully saturated rings. The van der Waals surface area contributed by atoms with Crippen molar-refractivity contribution in [2.45, 2.75) is 51.0 Å². The summed E-state index contributed by atoms with van der Waals surface area (Å²) in [4.78, 5) is 25.7. The monoisotopic (exact) mass is 505 g/mol. The SMILES string of the molecule is C[C@@]1(Cc2ccc(Cl)cc2)Cc2cc(CCC(=O)N(CCCc3ccccc3)CC(=O)O)ccc2O1. The van der Waals surface area contributed by atoms with E-state index < -0.39 is 5.97 Å². The number of benzene rings is 3. The normalized spacial score (nSPS) is 16.3. The molecule has 0 aromatic heterocycles. The van der Waals surface area contributed by atoms with Gasteiger partial charge in [-0.25, -0.2) is 0 Å². The Morgan fingerprint density at radius 3 is 2.42 bits per heavy atom. The second kappa shape index (κ2) is 11.6. The number of fused-ring (bicyclic) bond motifs is 1. The number of carboxylic acids is 1. The fourth-order valence-electron chi connectivity index (χ4n) is 4.85. The van der Waals surface area contributed by atoms with Crippen LogP contribution in [0.25, 0.3) is 0 Å². The van der Waals surface area contributed by atoms with Gasteiger partial charge in [0.05, 0.1) is 0 Å². The maximum atomic E-state index is 12.9. The van der Waals surface area contributed by atoms with Gasteiger partial charge in [0.15, 0.2) is 0 Å². The van der Waals surface area contributed by atoms with E-state index in [0.717, 1.165) is 47.6 Å². The van der Waals surface area contributed by atoms with Crippen LogP contribution in [0.2, 0.25) is 5.02 Å². The molecule has 36 heavy (non-hydrogen) atoms. The molecule has 1 aliphatic heterocycles. The minimum atomic E-state index is -0.988. The van der Waals surface area contributed by atoms with Crippen molar-refractivity contribution in [1.82, 2.24) is 4.90 Å². The van der Waals surface area contributed by atoms with Crippen LogP contribution in [-0.4, -0.2) is 40.6 Å². The summed E-state index contributed by atoms with van der Waals surface area (Å²) in [6.07, 6.45) is 3.95. The van der Waals surface area contributed by atoms with Gasteiger partial charge in [-0.05, 0) is 66.6 Å². The molecule has 0 radical (unpaired) electrons. The molecule has 0 saturated heterocycles. The molecule has 0 saturated carbocycles. The predicted octanol–water partition coefficient (Wildman–Crippen LogP) is 5.75. The van der Waals surface area contributed by atoms with Crippen LogP contribution < -0.4 is 4.74 Å². The fourth-order valence-corrected chi connectivity index (χ4v) is 4.97. The Bertz CT molecular complexity index is 1200. The molecule has 0 bridgehead atoms. The van der Waals surface area contributed by atoms with Gasteiger partial charge in [0.2, 0.25) is 5.91 Å². The molecule has 3 aromatic rings. The zero-order valence-corrected chi connectivity index (χ0v) is 21.3. The third-order valence-electron chi connectivity index (χ3n) is 6.58. The lowest BCUT2D eigenvalue weighted by Gasteiger charge is -2.24. The molecule has 188 valence electrons. The molecule has 0 unspecified atom stereocenters. The zero-order chi connectivity index (χ0) is 25.5. The van der Waals surface area contributed by atoms with E-state index in [0.29, 0.717) is 13.0 Å². The van der Waals surface area contributed by atoms with Gasteiger partial charge >= 0.3 is 5.97 Å². The number of carboxylic acid groups (broad SMARTS) is 1. The highest BCUT2D eigenvalue weighted by molar-refractivity contribution is 6.30. The Morgan fingerprint density at radius 2 is 1.69 bits per heavy atom. The molecule has 6 heteroatoms. The van der Waals surface area contributed by atoms with Crippen LogP contribution >= 0.6 is 11.6 Å². The number of rotatable bonds is 11. The molecule has 0 aliphatic carbocycles. The zero-order valence-electron chi connectivity index (χ0n) is 20.6. The van der Waals surface area contributed by atoms with Crippen LogP contribution in [0.5, 0.6) is 5.75 Å². The molecule has 1 atom stereocenters. The van der Waals surface area contributed by atoms with Crippen LogP contribution in [0.4, 0.5) is 0 Å². The van der Waals surface area contributed by atoms with E-state index in [2.05, 4.69) is 13.0 Å². The Morgan fingerprint density at radius 1 is 0.972 bits per heavy atom. The van der Waals surface area contributed by atoms with E-state index >= 15 is 0 Å². The molecule has 4 rings (SSSR count). The number of halogens is 1. The molecular formula is C30H32ClNO4. The fraction of sp³-hybridized carbons (Fsp3) is 0.333. The molecule has 1 aliphatic rings. The van der Waals surface area contributed by atoms with Gasteiger partial charge in [0.25, 0.3) is 0 Å². The molecular weight excluding hydrogens is 474 g/mol. The lowest BCUT2D eigenvalue weighted by molar-refractivity contribution is -0.144. The second-order valence-corrected chi connectivity index (χ2v) is 10.2. The van der Waals surface area contributed by atoms with Crippen molar-refractivity contribution in [3.8, 4) is 5.75 Å². The Kier molecular flexibility index (Phi) is 8.32. The van der Waals surface area contributed by atoms with Gasteiger partial charge in [-0.15, -0.1) is 0 Å². The van der Waals surface area contributed by atoms with Crippen molar-refractivity contribution in [3.05, 3.63) is 100 Å². The van der Waals surface area contributed by atoms with E-state index in [1.165, 1.54) is 16.0 Å². The van der Waals surface area contributed by atoms with E-state index in [1.807, 2.05) is 66.7 Å². The number of aliphatic carboxylic acids is 1. The average molecular weight is 506 g/mol. The van der Waals surface area contributed by atoms with E-state index in [4.69, 9.17) is 16.3 Å². The molecule has 1 N–H and O–H groups in total.